The number of rotatable bonds is 3. The van der Waals surface area contributed by atoms with Gasteiger partial charge in [0.15, 0.2) is 0 Å². The van der Waals surface area contributed by atoms with Gasteiger partial charge in [-0.25, -0.2) is 0 Å². The van der Waals surface area contributed by atoms with E-state index in [2.05, 4.69) is 104 Å². The molecule has 0 aromatic heterocycles. The van der Waals surface area contributed by atoms with Crippen molar-refractivity contribution in [1.29, 1.82) is 0 Å². The molecule has 0 fully saturated rings. The van der Waals surface area contributed by atoms with Crippen molar-refractivity contribution >= 4 is 5.69 Å². The molecule has 0 bridgehead atoms. The van der Waals surface area contributed by atoms with E-state index in [4.69, 9.17) is 0 Å². The van der Waals surface area contributed by atoms with Crippen LogP contribution in [0.15, 0.2) is 72.8 Å². The Bertz CT molecular complexity index is 882. The Morgan fingerprint density at radius 2 is 1.54 bits per heavy atom. The van der Waals surface area contributed by atoms with Gasteiger partial charge in [-0.05, 0) is 53.1 Å². The van der Waals surface area contributed by atoms with Crippen LogP contribution in [0.4, 0.5) is 5.69 Å². The third kappa shape index (κ3) is 3.25. The van der Waals surface area contributed by atoms with Gasteiger partial charge in [0.25, 0.3) is 0 Å². The van der Waals surface area contributed by atoms with Crippen LogP contribution in [0.2, 0.25) is 0 Å². The van der Waals surface area contributed by atoms with Crippen LogP contribution in [0.25, 0.3) is 11.1 Å². The molecule has 1 aliphatic heterocycles. The Kier molecular flexibility index (Phi) is 4.52. The normalized spacial score (nSPS) is 17.0. The molecule has 0 aliphatic carbocycles. The number of hydrogen-bond donors (Lipinski definition) is 0. The molecule has 3 aromatic rings. The van der Waals surface area contributed by atoms with Crippen LogP contribution in [0.5, 0.6) is 0 Å². The SMILES string of the molecule is CN1Cc2cc(-c3ccc(N(C)C)cc3)ccc2[C@@H](c2ccccc2)C1. The fourth-order valence-electron chi connectivity index (χ4n) is 3.95. The van der Waals surface area contributed by atoms with E-state index in [1.807, 2.05) is 0 Å². The standard InChI is InChI=1S/C24H26N2/c1-25(2)22-12-9-18(10-13-22)20-11-14-23-21(15-20)16-26(3)17-24(23)19-7-5-4-6-8-19/h4-15,24H,16-17H2,1-3H3/t24-/m1/s1. The Hall–Kier alpha value is -2.58. The first-order valence-electron chi connectivity index (χ1n) is 9.26. The summed E-state index contributed by atoms with van der Waals surface area (Å²) in [5, 5.41) is 0. The van der Waals surface area contributed by atoms with Crippen LogP contribution in [-0.2, 0) is 6.54 Å². The van der Waals surface area contributed by atoms with Crippen LogP contribution in [-0.4, -0.2) is 32.6 Å². The van der Waals surface area contributed by atoms with Gasteiger partial charge in [-0.1, -0.05) is 54.6 Å². The second kappa shape index (κ2) is 6.97. The largest absolute Gasteiger partial charge is 0.378 e. The van der Waals surface area contributed by atoms with Gasteiger partial charge in [0.2, 0.25) is 0 Å². The first-order chi connectivity index (χ1) is 12.6. The molecule has 1 aliphatic rings. The number of benzene rings is 3. The monoisotopic (exact) mass is 342 g/mol. The van der Waals surface area contributed by atoms with Gasteiger partial charge >= 0.3 is 0 Å². The minimum absolute atomic E-state index is 0.454. The maximum atomic E-state index is 2.43. The molecule has 1 atom stereocenters. The fraction of sp³-hybridized carbons (Fsp3) is 0.250. The molecule has 4 rings (SSSR count). The predicted octanol–water partition coefficient (Wildman–Crippen LogP) is 5.00. The van der Waals surface area contributed by atoms with Crippen LogP contribution >= 0.6 is 0 Å². The summed E-state index contributed by atoms with van der Waals surface area (Å²) >= 11 is 0. The fourth-order valence-corrected chi connectivity index (χ4v) is 3.95. The van der Waals surface area contributed by atoms with Crippen molar-refractivity contribution in [3.63, 3.8) is 0 Å². The molecule has 26 heavy (non-hydrogen) atoms. The second-order valence-corrected chi connectivity index (χ2v) is 7.51. The summed E-state index contributed by atoms with van der Waals surface area (Å²) in [6.45, 7) is 2.09. The van der Waals surface area contributed by atoms with Crippen LogP contribution in [0.1, 0.15) is 22.6 Å². The van der Waals surface area contributed by atoms with Crippen LogP contribution in [0, 0.1) is 0 Å². The van der Waals surface area contributed by atoms with Gasteiger partial charge < -0.3 is 9.80 Å². The predicted molar refractivity (Wildman–Crippen MR) is 111 cm³/mol. The molecule has 0 N–H and O–H groups in total. The second-order valence-electron chi connectivity index (χ2n) is 7.51. The lowest BCUT2D eigenvalue weighted by Crippen LogP contribution is -2.30. The zero-order valence-corrected chi connectivity index (χ0v) is 15.8. The molecule has 0 amide bonds. The van der Waals surface area contributed by atoms with Gasteiger partial charge in [-0.2, -0.15) is 0 Å². The van der Waals surface area contributed by atoms with Crippen molar-refractivity contribution in [1.82, 2.24) is 4.90 Å². The van der Waals surface area contributed by atoms with Crippen molar-refractivity contribution in [2.75, 3.05) is 32.6 Å². The van der Waals surface area contributed by atoms with Gasteiger partial charge in [0, 0.05) is 38.8 Å². The lowest BCUT2D eigenvalue weighted by Gasteiger charge is -2.33. The Morgan fingerprint density at radius 1 is 0.846 bits per heavy atom. The summed E-state index contributed by atoms with van der Waals surface area (Å²) in [4.78, 5) is 4.56. The van der Waals surface area contributed by atoms with Crippen LogP contribution in [0.3, 0.4) is 0 Å². The summed E-state index contributed by atoms with van der Waals surface area (Å²) in [7, 11) is 6.37. The summed E-state index contributed by atoms with van der Waals surface area (Å²) in [6.07, 6.45) is 0. The van der Waals surface area contributed by atoms with E-state index in [9.17, 15) is 0 Å². The van der Waals surface area contributed by atoms with Crippen molar-refractivity contribution in [3.8, 4) is 11.1 Å². The molecule has 0 radical (unpaired) electrons. The third-order valence-corrected chi connectivity index (χ3v) is 5.37. The zero-order chi connectivity index (χ0) is 18.1. The van der Waals surface area contributed by atoms with E-state index in [-0.39, 0.29) is 0 Å². The van der Waals surface area contributed by atoms with Gasteiger partial charge in [-0.15, -0.1) is 0 Å². The summed E-state index contributed by atoms with van der Waals surface area (Å²) in [6, 6.07) is 26.7. The Morgan fingerprint density at radius 3 is 2.23 bits per heavy atom. The molecule has 0 spiro atoms. The van der Waals surface area contributed by atoms with E-state index in [1.54, 1.807) is 0 Å². The first-order valence-corrected chi connectivity index (χ1v) is 9.26. The van der Waals surface area contributed by atoms with E-state index in [1.165, 1.54) is 33.5 Å². The van der Waals surface area contributed by atoms with E-state index >= 15 is 0 Å². The average molecular weight is 342 g/mol. The Balaban J connectivity index is 1.71. The molecule has 0 saturated heterocycles. The van der Waals surface area contributed by atoms with E-state index < -0.39 is 0 Å². The minimum Gasteiger partial charge on any atom is -0.378 e. The smallest absolute Gasteiger partial charge is 0.0361 e. The molecule has 2 heteroatoms. The lowest BCUT2D eigenvalue weighted by atomic mass is 9.83. The summed E-state index contributed by atoms with van der Waals surface area (Å²) in [5.41, 5.74) is 8.14. The third-order valence-electron chi connectivity index (χ3n) is 5.37. The zero-order valence-electron chi connectivity index (χ0n) is 15.8. The number of nitrogens with zero attached hydrogens (tertiary/aromatic N) is 2. The molecule has 3 aromatic carbocycles. The van der Waals surface area contributed by atoms with Crippen molar-refractivity contribution in [3.05, 3.63) is 89.5 Å². The number of hydrogen-bond acceptors (Lipinski definition) is 2. The molecular formula is C24H26N2. The highest BCUT2D eigenvalue weighted by Crippen LogP contribution is 2.35. The molecule has 0 saturated carbocycles. The topological polar surface area (TPSA) is 6.48 Å². The van der Waals surface area contributed by atoms with Crippen molar-refractivity contribution < 1.29 is 0 Å². The van der Waals surface area contributed by atoms with Crippen molar-refractivity contribution in [2.45, 2.75) is 12.5 Å². The maximum Gasteiger partial charge on any atom is 0.0361 e. The highest BCUT2D eigenvalue weighted by molar-refractivity contribution is 5.68. The number of anilines is 1. The molecule has 132 valence electrons. The van der Waals surface area contributed by atoms with Gasteiger partial charge in [0.1, 0.15) is 0 Å². The van der Waals surface area contributed by atoms with Gasteiger partial charge in [-0.3, -0.25) is 0 Å². The minimum atomic E-state index is 0.454. The maximum absolute atomic E-state index is 2.43. The highest BCUT2D eigenvalue weighted by Gasteiger charge is 2.24. The van der Waals surface area contributed by atoms with Crippen molar-refractivity contribution in [2.24, 2.45) is 0 Å². The van der Waals surface area contributed by atoms with Crippen LogP contribution < -0.4 is 4.90 Å². The highest BCUT2D eigenvalue weighted by atomic mass is 15.1. The number of fused-ring (bicyclic) bond motifs is 1. The summed E-state index contributed by atoms with van der Waals surface area (Å²) < 4.78 is 0. The Labute approximate surface area is 156 Å². The summed E-state index contributed by atoms with van der Waals surface area (Å²) in [5.74, 6) is 0.454. The quantitative estimate of drug-likeness (QED) is 0.661. The van der Waals surface area contributed by atoms with E-state index in [0.717, 1.165) is 13.1 Å². The van der Waals surface area contributed by atoms with E-state index in [0.29, 0.717) is 5.92 Å². The molecule has 0 unspecified atom stereocenters. The van der Waals surface area contributed by atoms with Gasteiger partial charge in [0.05, 0.1) is 0 Å². The average Bonchev–Trinajstić information content (AvgIpc) is 2.67. The molecule has 2 nitrogen and oxygen atoms in total. The first kappa shape index (κ1) is 16.9. The molecule has 1 heterocycles. The molecular weight excluding hydrogens is 316 g/mol. The lowest BCUT2D eigenvalue weighted by molar-refractivity contribution is 0.295. The number of likely N-dealkylation sites (N-methyl/N-ethyl adjacent to an activating group) is 1.